The number of piperazine rings is 1. The molecule has 2 aromatic rings. The lowest BCUT2D eigenvalue weighted by molar-refractivity contribution is -0.158. The van der Waals surface area contributed by atoms with Crippen LogP contribution in [0.15, 0.2) is 36.4 Å². The minimum atomic E-state index is -1.13. The number of benzene rings is 1. The molecule has 4 rings (SSSR count). The molecule has 43 heavy (non-hydrogen) atoms. The van der Waals surface area contributed by atoms with Crippen LogP contribution in [-0.4, -0.2) is 107 Å². The molecule has 2 amide bonds. The number of ether oxygens (including phenoxy) is 3. The lowest BCUT2D eigenvalue weighted by Crippen LogP contribution is -2.55. The molecule has 232 valence electrons. The zero-order valence-electron chi connectivity index (χ0n) is 24.1. The summed E-state index contributed by atoms with van der Waals surface area (Å²) in [6.45, 7) is 4.06. The molecule has 14 heteroatoms. The number of carboxylic acid groups (broad SMARTS) is 1. The third kappa shape index (κ3) is 9.61. The lowest BCUT2D eigenvalue weighted by atomic mass is 10.1. The Morgan fingerprint density at radius 1 is 1.12 bits per heavy atom. The first-order chi connectivity index (χ1) is 20.8. The van der Waals surface area contributed by atoms with Crippen LogP contribution in [-0.2, 0) is 23.9 Å². The Kier molecular flexibility index (Phi) is 11.6. The predicted octanol–water partition coefficient (Wildman–Crippen LogP) is 2.29. The van der Waals surface area contributed by atoms with E-state index >= 15 is 0 Å². The normalized spacial score (nSPS) is 17.6. The Hall–Kier alpha value is -4.30. The van der Waals surface area contributed by atoms with Gasteiger partial charge in [-0.15, -0.1) is 5.06 Å². The highest BCUT2D eigenvalue weighted by Gasteiger charge is 2.31. The molecule has 2 aliphatic heterocycles. The number of unbranched alkanes of at least 4 members (excludes halogenated alkanes) is 1. The van der Waals surface area contributed by atoms with E-state index in [9.17, 15) is 24.3 Å². The average Bonchev–Trinajstić information content (AvgIpc) is 3.52. The molecule has 0 unspecified atom stereocenters. The molecule has 0 aliphatic carbocycles. The Labute approximate surface area is 249 Å². The van der Waals surface area contributed by atoms with Gasteiger partial charge in [0, 0.05) is 37.6 Å². The van der Waals surface area contributed by atoms with E-state index in [2.05, 4.69) is 15.3 Å². The fourth-order valence-corrected chi connectivity index (χ4v) is 4.50. The standard InChI is InChI=1S/C29H37N5O9/c1-2-3-16-41-29(39)43-34-14-12-33(13-15-34)28(38)22(9-10-25(35)36)31-27(37)23-18-24(42-21-11-17-40-19-21)32-26(30-23)20-7-5-4-6-8-20/h4-8,18,21-22H,2-3,9-17,19H2,1H3,(H,31,37)(H,35,36)/t21-,22-/m0/s1. The molecule has 2 fully saturated rings. The maximum Gasteiger partial charge on any atom is 0.527 e. The molecule has 14 nitrogen and oxygen atoms in total. The molecule has 2 N–H and O–H groups in total. The van der Waals surface area contributed by atoms with Crippen LogP contribution in [0.4, 0.5) is 4.79 Å². The topological polar surface area (TPSA) is 170 Å². The predicted molar refractivity (Wildman–Crippen MR) is 151 cm³/mol. The Morgan fingerprint density at radius 3 is 2.56 bits per heavy atom. The number of nitrogens with one attached hydrogen (secondary N) is 1. The maximum absolute atomic E-state index is 13.5. The molecule has 0 saturated carbocycles. The Bertz CT molecular complexity index is 1250. The SMILES string of the molecule is CCCCOC(=O)ON1CCN(C(=O)[C@H](CCC(=O)O)NC(=O)c2cc(O[C@H]3CCOC3)nc(-c3ccccc3)n2)CC1. The van der Waals surface area contributed by atoms with Crippen LogP contribution in [0.25, 0.3) is 11.4 Å². The second-order valence-electron chi connectivity index (χ2n) is 10.1. The first-order valence-electron chi connectivity index (χ1n) is 14.4. The van der Waals surface area contributed by atoms with Crippen LogP contribution in [0.2, 0.25) is 0 Å². The van der Waals surface area contributed by atoms with E-state index in [4.69, 9.17) is 19.0 Å². The van der Waals surface area contributed by atoms with Gasteiger partial charge in [-0.1, -0.05) is 43.7 Å². The first kappa shape index (κ1) is 31.6. The molecule has 2 atom stereocenters. The summed E-state index contributed by atoms with van der Waals surface area (Å²) in [5.74, 6) is -1.77. The van der Waals surface area contributed by atoms with Crippen LogP contribution in [0.1, 0.15) is 49.5 Å². The maximum atomic E-state index is 13.5. The van der Waals surface area contributed by atoms with Gasteiger partial charge in [-0.25, -0.2) is 9.78 Å². The van der Waals surface area contributed by atoms with Crippen molar-refractivity contribution in [2.75, 3.05) is 46.0 Å². The average molecular weight is 600 g/mol. The highest BCUT2D eigenvalue weighted by Crippen LogP contribution is 2.22. The van der Waals surface area contributed by atoms with Gasteiger partial charge >= 0.3 is 12.1 Å². The molecule has 0 spiro atoms. The number of nitrogens with zero attached hydrogens (tertiary/aromatic N) is 4. The van der Waals surface area contributed by atoms with Crippen molar-refractivity contribution in [1.82, 2.24) is 25.2 Å². The largest absolute Gasteiger partial charge is 0.527 e. The molecule has 0 radical (unpaired) electrons. The van der Waals surface area contributed by atoms with Crippen LogP contribution in [0.5, 0.6) is 5.88 Å². The fraction of sp³-hybridized carbons (Fsp3) is 0.517. The second kappa shape index (κ2) is 15.8. The molecular weight excluding hydrogens is 562 g/mol. The van der Waals surface area contributed by atoms with Crippen LogP contribution >= 0.6 is 0 Å². The number of hydrogen-bond acceptors (Lipinski definition) is 11. The van der Waals surface area contributed by atoms with Gasteiger partial charge in [0.15, 0.2) is 5.82 Å². The second-order valence-corrected chi connectivity index (χ2v) is 10.1. The number of carbonyl (C=O) groups is 4. The van der Waals surface area contributed by atoms with E-state index in [1.165, 1.54) is 16.0 Å². The van der Waals surface area contributed by atoms with E-state index in [0.29, 0.717) is 25.2 Å². The van der Waals surface area contributed by atoms with E-state index in [-0.39, 0.29) is 69.1 Å². The van der Waals surface area contributed by atoms with E-state index in [0.717, 1.165) is 12.8 Å². The van der Waals surface area contributed by atoms with Crippen LogP contribution in [0.3, 0.4) is 0 Å². The smallest absolute Gasteiger partial charge is 0.481 e. The Morgan fingerprint density at radius 2 is 1.88 bits per heavy atom. The van der Waals surface area contributed by atoms with Crippen molar-refractivity contribution >= 4 is 23.9 Å². The molecule has 3 heterocycles. The van der Waals surface area contributed by atoms with Crippen molar-refractivity contribution in [1.29, 1.82) is 0 Å². The van der Waals surface area contributed by atoms with Crippen molar-refractivity contribution in [3.8, 4) is 17.3 Å². The number of rotatable bonds is 13. The third-order valence-electron chi connectivity index (χ3n) is 6.86. The third-order valence-corrected chi connectivity index (χ3v) is 6.86. The number of hydrogen-bond donors (Lipinski definition) is 2. The van der Waals surface area contributed by atoms with E-state index < -0.39 is 30.0 Å². The van der Waals surface area contributed by atoms with E-state index in [1.807, 2.05) is 25.1 Å². The van der Waals surface area contributed by atoms with Gasteiger partial charge in [0.25, 0.3) is 5.91 Å². The zero-order valence-corrected chi connectivity index (χ0v) is 24.1. The van der Waals surface area contributed by atoms with Gasteiger partial charge in [-0.3, -0.25) is 14.4 Å². The van der Waals surface area contributed by atoms with Crippen LogP contribution < -0.4 is 10.1 Å². The van der Waals surface area contributed by atoms with Gasteiger partial charge in [0.05, 0.1) is 32.9 Å². The minimum Gasteiger partial charge on any atom is -0.481 e. The highest BCUT2D eigenvalue weighted by atomic mass is 16.8. The zero-order chi connectivity index (χ0) is 30.6. The summed E-state index contributed by atoms with van der Waals surface area (Å²) < 4.78 is 16.3. The highest BCUT2D eigenvalue weighted by molar-refractivity contribution is 5.96. The van der Waals surface area contributed by atoms with Gasteiger partial charge < -0.3 is 34.4 Å². The lowest BCUT2D eigenvalue weighted by Gasteiger charge is -2.35. The molecular formula is C29H37N5O9. The number of carbonyl (C=O) groups excluding carboxylic acids is 3. The summed E-state index contributed by atoms with van der Waals surface area (Å²) in [7, 11) is 0. The van der Waals surface area contributed by atoms with Crippen molar-refractivity contribution in [2.45, 2.75) is 51.2 Å². The van der Waals surface area contributed by atoms with Gasteiger partial charge in [-0.05, 0) is 12.8 Å². The van der Waals surface area contributed by atoms with E-state index in [1.54, 1.807) is 12.1 Å². The quantitative estimate of drug-likeness (QED) is 0.255. The summed E-state index contributed by atoms with van der Waals surface area (Å²) >= 11 is 0. The van der Waals surface area contributed by atoms with Gasteiger partial charge in [-0.2, -0.15) is 4.98 Å². The van der Waals surface area contributed by atoms with Gasteiger partial charge in [0.2, 0.25) is 11.8 Å². The number of carboxylic acids is 1. The number of aliphatic carboxylic acids is 1. The minimum absolute atomic E-state index is 0.0318. The first-order valence-corrected chi connectivity index (χ1v) is 14.4. The van der Waals surface area contributed by atoms with Crippen molar-refractivity contribution in [3.63, 3.8) is 0 Å². The fourth-order valence-electron chi connectivity index (χ4n) is 4.50. The summed E-state index contributed by atoms with van der Waals surface area (Å²) in [5, 5.41) is 13.4. The molecule has 1 aromatic heterocycles. The number of hydroxylamine groups is 2. The number of amides is 2. The summed E-state index contributed by atoms with van der Waals surface area (Å²) in [4.78, 5) is 65.7. The Balaban J connectivity index is 1.44. The van der Waals surface area contributed by atoms with Crippen molar-refractivity contribution in [2.24, 2.45) is 0 Å². The van der Waals surface area contributed by atoms with Crippen molar-refractivity contribution < 1.29 is 43.3 Å². The molecule has 1 aromatic carbocycles. The summed E-state index contributed by atoms with van der Waals surface area (Å²) in [6.07, 6.45) is 0.801. The summed E-state index contributed by atoms with van der Waals surface area (Å²) in [6, 6.07) is 9.35. The summed E-state index contributed by atoms with van der Waals surface area (Å²) in [5.41, 5.74) is 0.633. The number of aromatic nitrogens is 2. The molecule has 0 bridgehead atoms. The van der Waals surface area contributed by atoms with Crippen molar-refractivity contribution in [3.05, 3.63) is 42.1 Å². The molecule has 2 saturated heterocycles. The monoisotopic (exact) mass is 599 g/mol. The van der Waals surface area contributed by atoms with Gasteiger partial charge in [0.1, 0.15) is 17.8 Å². The molecule has 2 aliphatic rings. The van der Waals surface area contributed by atoms with Crippen LogP contribution in [0, 0.1) is 0 Å².